The Morgan fingerprint density at radius 3 is 2.91 bits per heavy atom. The van der Waals surface area contributed by atoms with Crippen LogP contribution in [-0.2, 0) is 32.5 Å². The molecule has 3 heterocycles. The quantitative estimate of drug-likeness (QED) is 0.672. The van der Waals surface area contributed by atoms with Crippen LogP contribution in [0.15, 0.2) is 29.3 Å². The zero-order valence-corrected chi connectivity index (χ0v) is 13.5. The van der Waals surface area contributed by atoms with Crippen LogP contribution in [0.4, 0.5) is 0 Å². The van der Waals surface area contributed by atoms with Crippen LogP contribution in [0.5, 0.6) is 0 Å². The Labute approximate surface area is 136 Å². The van der Waals surface area contributed by atoms with Gasteiger partial charge >= 0.3 is 0 Å². The van der Waals surface area contributed by atoms with Crippen LogP contribution in [0.2, 0.25) is 0 Å². The molecule has 120 valence electrons. The molecule has 2 aliphatic rings. The monoisotopic (exact) mass is 310 g/mol. The largest absolute Gasteiger partial charge is 0.349 e. The molecule has 2 aromatic rings. The molecule has 6 nitrogen and oxygen atoms in total. The minimum atomic E-state index is 0.678. The van der Waals surface area contributed by atoms with E-state index in [1.165, 1.54) is 17.5 Å². The zero-order valence-electron chi connectivity index (χ0n) is 13.5. The first-order valence-corrected chi connectivity index (χ1v) is 8.28. The van der Waals surface area contributed by atoms with Crippen LogP contribution in [0.1, 0.15) is 29.2 Å². The van der Waals surface area contributed by atoms with Crippen LogP contribution >= 0.6 is 0 Å². The Balaban J connectivity index is 1.43. The van der Waals surface area contributed by atoms with Crippen molar-refractivity contribution in [3.63, 3.8) is 0 Å². The number of nitrogens with one attached hydrogen (secondary N) is 1. The minimum absolute atomic E-state index is 0.678. The van der Waals surface area contributed by atoms with Gasteiger partial charge in [0.15, 0.2) is 11.8 Å². The topological polar surface area (TPSA) is 58.3 Å². The summed E-state index contributed by atoms with van der Waals surface area (Å²) >= 11 is 0. The van der Waals surface area contributed by atoms with Gasteiger partial charge in [-0.3, -0.25) is 4.99 Å². The molecule has 6 heteroatoms. The highest BCUT2D eigenvalue weighted by molar-refractivity contribution is 5.80. The number of aryl methyl sites for hydroxylation is 1. The van der Waals surface area contributed by atoms with Crippen molar-refractivity contribution in [3.05, 3.63) is 47.0 Å². The summed E-state index contributed by atoms with van der Waals surface area (Å²) in [7, 11) is 1.84. The van der Waals surface area contributed by atoms with E-state index in [1.807, 2.05) is 7.05 Å². The Morgan fingerprint density at radius 1 is 1.17 bits per heavy atom. The third-order valence-electron chi connectivity index (χ3n) is 4.73. The van der Waals surface area contributed by atoms with Crippen molar-refractivity contribution in [1.29, 1.82) is 0 Å². The highest BCUT2D eigenvalue weighted by Gasteiger charge is 2.20. The molecule has 23 heavy (non-hydrogen) atoms. The highest BCUT2D eigenvalue weighted by atomic mass is 15.3. The molecular formula is C17H22N6. The number of nitrogens with zero attached hydrogens (tertiary/aromatic N) is 5. The molecule has 0 saturated heterocycles. The summed E-state index contributed by atoms with van der Waals surface area (Å²) in [5, 5.41) is 12.0. The van der Waals surface area contributed by atoms with E-state index in [4.69, 9.17) is 0 Å². The predicted octanol–water partition coefficient (Wildman–Crippen LogP) is 1.36. The molecule has 0 aliphatic carbocycles. The molecule has 0 atom stereocenters. The molecule has 4 rings (SSSR count). The van der Waals surface area contributed by atoms with E-state index in [2.05, 4.69) is 54.2 Å². The highest BCUT2D eigenvalue weighted by Crippen LogP contribution is 2.18. The minimum Gasteiger partial charge on any atom is -0.349 e. The molecule has 1 aromatic carbocycles. The van der Waals surface area contributed by atoms with Crippen LogP contribution in [0, 0.1) is 0 Å². The molecule has 0 radical (unpaired) electrons. The number of fused-ring (bicyclic) bond motifs is 2. The Hall–Kier alpha value is -2.37. The van der Waals surface area contributed by atoms with Crippen LogP contribution in [0.25, 0.3) is 0 Å². The SMILES string of the molecule is CN=C(NCc1nnc2n1CCC2)N1CCc2ccccc2C1. The van der Waals surface area contributed by atoms with E-state index >= 15 is 0 Å². The lowest BCUT2D eigenvalue weighted by Gasteiger charge is -2.31. The second-order valence-electron chi connectivity index (χ2n) is 6.13. The first-order chi connectivity index (χ1) is 11.3. The van der Waals surface area contributed by atoms with Crippen molar-refractivity contribution >= 4 is 5.96 Å². The lowest BCUT2D eigenvalue weighted by molar-refractivity contribution is 0.377. The predicted molar refractivity (Wildman–Crippen MR) is 89.1 cm³/mol. The van der Waals surface area contributed by atoms with E-state index in [1.54, 1.807) is 0 Å². The van der Waals surface area contributed by atoms with Crippen molar-refractivity contribution < 1.29 is 0 Å². The summed E-state index contributed by atoms with van der Waals surface area (Å²) in [6.45, 7) is 3.62. The second kappa shape index (κ2) is 6.02. The van der Waals surface area contributed by atoms with Gasteiger partial charge in [-0.1, -0.05) is 24.3 Å². The summed E-state index contributed by atoms with van der Waals surface area (Å²) in [5.74, 6) is 3.06. The number of rotatable bonds is 2. The number of guanidine groups is 1. The summed E-state index contributed by atoms with van der Waals surface area (Å²) in [6.07, 6.45) is 3.29. The van der Waals surface area contributed by atoms with Gasteiger partial charge in [0.05, 0.1) is 6.54 Å². The normalized spacial score (nSPS) is 17.1. The van der Waals surface area contributed by atoms with Gasteiger partial charge in [-0.15, -0.1) is 10.2 Å². The van der Waals surface area contributed by atoms with Crippen molar-refractivity contribution in [2.45, 2.75) is 38.9 Å². The summed E-state index contributed by atoms with van der Waals surface area (Å²) in [5.41, 5.74) is 2.85. The molecule has 0 saturated carbocycles. The number of hydrogen-bond acceptors (Lipinski definition) is 3. The second-order valence-corrected chi connectivity index (χ2v) is 6.13. The van der Waals surface area contributed by atoms with Gasteiger partial charge < -0.3 is 14.8 Å². The third-order valence-corrected chi connectivity index (χ3v) is 4.73. The maximum atomic E-state index is 4.45. The fraction of sp³-hybridized carbons (Fsp3) is 0.471. The molecule has 0 amide bonds. The molecule has 1 N–H and O–H groups in total. The summed E-state index contributed by atoms with van der Waals surface area (Å²) in [4.78, 5) is 6.76. The number of aliphatic imine (C=N–C) groups is 1. The van der Waals surface area contributed by atoms with Gasteiger partial charge in [0.1, 0.15) is 5.82 Å². The van der Waals surface area contributed by atoms with E-state index in [0.717, 1.165) is 50.1 Å². The van der Waals surface area contributed by atoms with Gasteiger partial charge in [0.2, 0.25) is 0 Å². The molecule has 0 fully saturated rings. The van der Waals surface area contributed by atoms with Crippen LogP contribution in [-0.4, -0.2) is 39.2 Å². The van der Waals surface area contributed by atoms with E-state index < -0.39 is 0 Å². The number of benzene rings is 1. The van der Waals surface area contributed by atoms with Gasteiger partial charge in [-0.25, -0.2) is 0 Å². The van der Waals surface area contributed by atoms with Gasteiger partial charge in [0, 0.05) is 33.1 Å². The fourth-order valence-corrected chi connectivity index (χ4v) is 3.51. The van der Waals surface area contributed by atoms with Gasteiger partial charge in [-0.05, 0) is 24.0 Å². The first-order valence-electron chi connectivity index (χ1n) is 8.28. The lowest BCUT2D eigenvalue weighted by atomic mass is 10.0. The standard InChI is InChI=1S/C17H22N6/c1-18-17(19-11-16-21-20-15-7-4-9-23(15)16)22-10-8-13-5-2-3-6-14(13)12-22/h2-3,5-6H,4,7-12H2,1H3,(H,18,19). The Kier molecular flexibility index (Phi) is 3.73. The average molecular weight is 310 g/mol. The van der Waals surface area contributed by atoms with Crippen molar-refractivity contribution in [2.24, 2.45) is 4.99 Å². The average Bonchev–Trinajstić information content (AvgIpc) is 3.20. The van der Waals surface area contributed by atoms with Crippen molar-refractivity contribution in [2.75, 3.05) is 13.6 Å². The maximum absolute atomic E-state index is 4.45. The molecule has 0 bridgehead atoms. The van der Waals surface area contributed by atoms with Crippen LogP contribution in [0.3, 0.4) is 0 Å². The van der Waals surface area contributed by atoms with Crippen molar-refractivity contribution in [3.8, 4) is 0 Å². The third kappa shape index (κ3) is 2.69. The molecule has 1 aromatic heterocycles. The van der Waals surface area contributed by atoms with E-state index in [0.29, 0.717) is 6.54 Å². The molecule has 2 aliphatic heterocycles. The molecule has 0 spiro atoms. The van der Waals surface area contributed by atoms with E-state index in [-0.39, 0.29) is 0 Å². The number of hydrogen-bond donors (Lipinski definition) is 1. The Morgan fingerprint density at radius 2 is 2.04 bits per heavy atom. The van der Waals surface area contributed by atoms with E-state index in [9.17, 15) is 0 Å². The lowest BCUT2D eigenvalue weighted by Crippen LogP contribution is -2.44. The molecule has 0 unspecified atom stereocenters. The fourth-order valence-electron chi connectivity index (χ4n) is 3.51. The van der Waals surface area contributed by atoms with Gasteiger partial charge in [0.25, 0.3) is 0 Å². The van der Waals surface area contributed by atoms with Crippen molar-refractivity contribution in [1.82, 2.24) is 25.0 Å². The summed E-state index contributed by atoms with van der Waals surface area (Å²) < 4.78 is 2.23. The number of aromatic nitrogens is 3. The van der Waals surface area contributed by atoms with Gasteiger partial charge in [-0.2, -0.15) is 0 Å². The Bertz CT molecular complexity index is 732. The summed E-state index contributed by atoms with van der Waals surface area (Å²) in [6, 6.07) is 8.66. The maximum Gasteiger partial charge on any atom is 0.194 e. The van der Waals surface area contributed by atoms with Crippen LogP contribution < -0.4 is 5.32 Å². The molecular weight excluding hydrogens is 288 g/mol. The first kappa shape index (κ1) is 14.2. The zero-order chi connectivity index (χ0) is 15.6. The smallest absolute Gasteiger partial charge is 0.194 e.